The van der Waals surface area contributed by atoms with Crippen molar-refractivity contribution in [3.05, 3.63) is 64.9 Å². The largest absolute Gasteiger partial charge is 0.451 e. The number of hydrogen-bond donors (Lipinski definition) is 0. The number of carbonyl (C=O) groups excluding carboxylic acids is 1. The number of carbonyl (C=O) groups is 1. The Balaban J connectivity index is 1.98. The van der Waals surface area contributed by atoms with Crippen LogP contribution in [0.25, 0.3) is 11.0 Å². The summed E-state index contributed by atoms with van der Waals surface area (Å²) in [5.74, 6) is 0.156. The molecule has 3 aromatic rings. The van der Waals surface area contributed by atoms with Crippen LogP contribution >= 0.6 is 11.6 Å². The number of fused-ring (bicyclic) bond motifs is 1. The molecule has 3 rings (SSSR count). The zero-order valence-corrected chi connectivity index (χ0v) is 12.5. The third-order valence-corrected chi connectivity index (χ3v) is 3.66. The highest BCUT2D eigenvalue weighted by Gasteiger charge is 2.15. The van der Waals surface area contributed by atoms with Crippen LogP contribution in [0.5, 0.6) is 0 Å². The Kier molecular flexibility index (Phi) is 3.43. The Morgan fingerprint density at radius 3 is 2.43 bits per heavy atom. The topological polar surface area (TPSA) is 33.5 Å². The van der Waals surface area contributed by atoms with E-state index >= 15 is 0 Å². The lowest BCUT2D eigenvalue weighted by atomic mass is 10.1. The molecule has 1 heterocycles. The quantitative estimate of drug-likeness (QED) is 0.673. The first-order chi connectivity index (χ1) is 10.1. The van der Waals surface area contributed by atoms with Crippen molar-refractivity contribution in [3.63, 3.8) is 0 Å². The van der Waals surface area contributed by atoms with Crippen LogP contribution in [-0.2, 0) is 0 Å². The monoisotopic (exact) mass is 299 g/mol. The first-order valence-corrected chi connectivity index (χ1v) is 6.94. The summed E-state index contributed by atoms with van der Waals surface area (Å²) in [7, 11) is 3.91. The first-order valence-electron chi connectivity index (χ1n) is 6.56. The summed E-state index contributed by atoms with van der Waals surface area (Å²) in [4.78, 5) is 14.4. The van der Waals surface area contributed by atoms with Crippen molar-refractivity contribution < 1.29 is 9.21 Å². The van der Waals surface area contributed by atoms with Crippen molar-refractivity contribution in [3.8, 4) is 0 Å². The van der Waals surface area contributed by atoms with E-state index in [-0.39, 0.29) is 5.78 Å². The average molecular weight is 300 g/mol. The van der Waals surface area contributed by atoms with Crippen LogP contribution in [0, 0.1) is 0 Å². The van der Waals surface area contributed by atoms with Crippen molar-refractivity contribution >= 4 is 34.0 Å². The average Bonchev–Trinajstić information content (AvgIpc) is 2.92. The molecule has 1 aromatic heterocycles. The molecular weight excluding hydrogens is 286 g/mol. The van der Waals surface area contributed by atoms with Crippen LogP contribution in [0.15, 0.2) is 52.9 Å². The molecular formula is C17H14ClNO2. The first kappa shape index (κ1) is 13.7. The van der Waals surface area contributed by atoms with Crippen LogP contribution in [-0.4, -0.2) is 19.9 Å². The van der Waals surface area contributed by atoms with Gasteiger partial charge in [-0.25, -0.2) is 0 Å². The van der Waals surface area contributed by atoms with E-state index in [0.29, 0.717) is 21.9 Å². The Morgan fingerprint density at radius 1 is 1.10 bits per heavy atom. The molecule has 0 atom stereocenters. The third-order valence-electron chi connectivity index (χ3n) is 3.37. The van der Waals surface area contributed by atoms with Gasteiger partial charge in [-0.05, 0) is 36.4 Å². The fourth-order valence-corrected chi connectivity index (χ4v) is 2.41. The number of ketones is 1. The molecule has 0 N–H and O–H groups in total. The van der Waals surface area contributed by atoms with Crippen molar-refractivity contribution in [2.75, 3.05) is 19.0 Å². The molecule has 0 aliphatic rings. The maximum absolute atomic E-state index is 12.5. The van der Waals surface area contributed by atoms with Gasteiger partial charge in [-0.3, -0.25) is 4.79 Å². The van der Waals surface area contributed by atoms with E-state index in [1.165, 1.54) is 0 Å². The molecule has 0 spiro atoms. The van der Waals surface area contributed by atoms with Gasteiger partial charge >= 0.3 is 0 Å². The number of anilines is 1. The molecule has 0 amide bonds. The van der Waals surface area contributed by atoms with Gasteiger partial charge in [-0.15, -0.1) is 0 Å². The lowest BCUT2D eigenvalue weighted by Crippen LogP contribution is -2.08. The van der Waals surface area contributed by atoms with E-state index in [1.54, 1.807) is 24.3 Å². The SMILES string of the molecule is CN(C)c1ccc(C(=O)c2cc3cccc(Cl)c3o2)cc1. The van der Waals surface area contributed by atoms with Gasteiger partial charge in [-0.1, -0.05) is 23.7 Å². The smallest absolute Gasteiger partial charge is 0.228 e. The van der Waals surface area contributed by atoms with Crippen molar-refractivity contribution in [2.45, 2.75) is 0 Å². The zero-order valence-electron chi connectivity index (χ0n) is 11.8. The van der Waals surface area contributed by atoms with Gasteiger partial charge in [0.2, 0.25) is 5.78 Å². The fourth-order valence-electron chi connectivity index (χ4n) is 2.19. The maximum atomic E-state index is 12.5. The summed E-state index contributed by atoms with van der Waals surface area (Å²) < 4.78 is 5.60. The Morgan fingerprint density at radius 2 is 1.81 bits per heavy atom. The normalized spacial score (nSPS) is 10.8. The van der Waals surface area contributed by atoms with Crippen LogP contribution < -0.4 is 4.90 Å². The van der Waals surface area contributed by atoms with E-state index in [2.05, 4.69) is 0 Å². The predicted molar refractivity (Wildman–Crippen MR) is 85.4 cm³/mol. The van der Waals surface area contributed by atoms with Gasteiger partial charge in [0, 0.05) is 30.7 Å². The molecule has 0 saturated heterocycles. The second kappa shape index (κ2) is 5.26. The molecule has 21 heavy (non-hydrogen) atoms. The van der Waals surface area contributed by atoms with Crippen LogP contribution in [0.3, 0.4) is 0 Å². The van der Waals surface area contributed by atoms with Gasteiger partial charge in [0.25, 0.3) is 0 Å². The zero-order chi connectivity index (χ0) is 15.0. The van der Waals surface area contributed by atoms with E-state index < -0.39 is 0 Å². The highest BCUT2D eigenvalue weighted by molar-refractivity contribution is 6.35. The van der Waals surface area contributed by atoms with Crippen molar-refractivity contribution in [2.24, 2.45) is 0 Å². The number of rotatable bonds is 3. The molecule has 0 radical (unpaired) electrons. The van der Waals surface area contributed by atoms with Gasteiger partial charge in [0.1, 0.15) is 0 Å². The highest BCUT2D eigenvalue weighted by atomic mass is 35.5. The van der Waals surface area contributed by atoms with Gasteiger partial charge in [-0.2, -0.15) is 0 Å². The van der Waals surface area contributed by atoms with Crippen LogP contribution in [0.1, 0.15) is 16.1 Å². The lowest BCUT2D eigenvalue weighted by Gasteiger charge is -2.12. The van der Waals surface area contributed by atoms with E-state index in [9.17, 15) is 4.79 Å². The summed E-state index contributed by atoms with van der Waals surface area (Å²) in [5, 5.41) is 1.34. The lowest BCUT2D eigenvalue weighted by molar-refractivity contribution is 0.101. The Labute approximate surface area is 127 Å². The summed E-state index contributed by atoms with van der Waals surface area (Å²) in [5.41, 5.74) is 2.18. The summed E-state index contributed by atoms with van der Waals surface area (Å²) >= 11 is 6.07. The third kappa shape index (κ3) is 2.52. The molecule has 0 fully saturated rings. The second-order valence-corrected chi connectivity index (χ2v) is 5.45. The number of halogens is 1. The number of hydrogen-bond acceptors (Lipinski definition) is 3. The van der Waals surface area contributed by atoms with E-state index in [1.807, 2.05) is 43.3 Å². The number of nitrogens with zero attached hydrogens (tertiary/aromatic N) is 1. The minimum atomic E-state index is -0.146. The molecule has 4 heteroatoms. The Bertz CT molecular complexity index is 803. The van der Waals surface area contributed by atoms with Crippen molar-refractivity contribution in [1.29, 1.82) is 0 Å². The minimum Gasteiger partial charge on any atom is -0.451 e. The summed E-state index contributed by atoms with van der Waals surface area (Å²) in [6, 6.07) is 14.6. The predicted octanol–water partition coefficient (Wildman–Crippen LogP) is 4.38. The molecule has 0 unspecified atom stereocenters. The molecule has 0 bridgehead atoms. The highest BCUT2D eigenvalue weighted by Crippen LogP contribution is 2.28. The molecule has 2 aromatic carbocycles. The molecule has 0 aliphatic heterocycles. The minimum absolute atomic E-state index is 0.146. The van der Waals surface area contributed by atoms with E-state index in [4.69, 9.17) is 16.0 Å². The van der Waals surface area contributed by atoms with E-state index in [0.717, 1.165) is 11.1 Å². The van der Waals surface area contributed by atoms with Gasteiger partial charge < -0.3 is 9.32 Å². The van der Waals surface area contributed by atoms with Crippen LogP contribution in [0.4, 0.5) is 5.69 Å². The number of benzene rings is 2. The van der Waals surface area contributed by atoms with Crippen molar-refractivity contribution in [1.82, 2.24) is 0 Å². The second-order valence-electron chi connectivity index (χ2n) is 5.04. The van der Waals surface area contributed by atoms with Crippen LogP contribution in [0.2, 0.25) is 5.02 Å². The summed E-state index contributed by atoms with van der Waals surface area (Å²) in [6.45, 7) is 0. The molecule has 3 nitrogen and oxygen atoms in total. The maximum Gasteiger partial charge on any atom is 0.228 e. The number of furan rings is 1. The number of para-hydroxylation sites is 1. The standard InChI is InChI=1S/C17H14ClNO2/c1-19(2)13-8-6-11(7-9-13)16(20)15-10-12-4-3-5-14(18)17(12)21-15/h3-10H,1-2H3. The molecule has 0 saturated carbocycles. The van der Waals surface area contributed by atoms with Gasteiger partial charge in [0.15, 0.2) is 11.3 Å². The molecule has 0 aliphatic carbocycles. The molecule has 106 valence electrons. The fraction of sp³-hybridized carbons (Fsp3) is 0.118. The Hall–Kier alpha value is -2.26. The van der Waals surface area contributed by atoms with Gasteiger partial charge in [0.05, 0.1) is 5.02 Å². The summed E-state index contributed by atoms with van der Waals surface area (Å²) in [6.07, 6.45) is 0.